The Labute approximate surface area is 452 Å². The second-order valence-corrected chi connectivity index (χ2v) is 24.3. The molecule has 1 aliphatic heterocycles. The first-order valence-electron chi connectivity index (χ1n) is 28.7. The van der Waals surface area contributed by atoms with Crippen LogP contribution in [0.25, 0.3) is 61.0 Å². The molecule has 5 nitrogen and oxygen atoms in total. The minimum atomic E-state index is -0.425. The van der Waals surface area contributed by atoms with Crippen molar-refractivity contribution < 1.29 is 11.6 Å². The molecule has 0 aliphatic carbocycles. The Morgan fingerprint density at radius 3 is 1.73 bits per heavy atom. The van der Waals surface area contributed by atoms with Gasteiger partial charge in [0.15, 0.2) is 0 Å². The Kier molecular flexibility index (Phi) is 10.7. The van der Waals surface area contributed by atoms with Crippen LogP contribution in [0.5, 0.6) is 11.5 Å². The number of aromatic nitrogens is 2. The standard InChI is InChI=1S/C70H70N4O/c1-67(2,3)50-34-35-71-65(42-50)74-61-33-30-48(46-22-15-13-16-23-46)38-60(61)59-32-31-55(44-64(59)74)75-56-41-53(70(10,11)12)40-54(43-56)72-45-73(63-29-20-19-28-62(63)72)66-57(47-24-17-14-18-25-47)26-21-27-58(66)49-36-51(68(4,5)6)39-52(37-49)69(7,8)9/h13-44H,45H2,1-12H3/i14D,17D,18D,24D,25D. The predicted octanol–water partition coefficient (Wildman–Crippen LogP) is 19.4. The summed E-state index contributed by atoms with van der Waals surface area (Å²) in [5.74, 6) is 2.20. The summed E-state index contributed by atoms with van der Waals surface area (Å²) in [6.07, 6.45) is 1.91. The maximum atomic E-state index is 9.34. The van der Waals surface area contributed by atoms with E-state index in [0.717, 1.165) is 78.2 Å². The van der Waals surface area contributed by atoms with E-state index in [-0.39, 0.29) is 51.4 Å². The zero-order valence-electron chi connectivity index (χ0n) is 50.5. The van der Waals surface area contributed by atoms with Crippen LogP contribution in [-0.4, -0.2) is 16.2 Å². The fourth-order valence-corrected chi connectivity index (χ4v) is 10.4. The quantitative estimate of drug-likeness (QED) is 0.152. The third-order valence-corrected chi connectivity index (χ3v) is 14.8. The minimum Gasteiger partial charge on any atom is -0.457 e. The second-order valence-electron chi connectivity index (χ2n) is 24.3. The average molecular weight is 988 g/mol. The highest BCUT2D eigenvalue weighted by Crippen LogP contribution is 2.52. The lowest BCUT2D eigenvalue weighted by Gasteiger charge is -2.30. The van der Waals surface area contributed by atoms with Gasteiger partial charge in [-0.25, -0.2) is 4.98 Å². The molecule has 0 spiro atoms. The minimum absolute atomic E-state index is 0.0852. The van der Waals surface area contributed by atoms with E-state index < -0.39 is 6.04 Å². The molecule has 0 saturated heterocycles. The fraction of sp³-hybridized carbons (Fsp3) is 0.243. The number of fused-ring (bicyclic) bond motifs is 4. The second kappa shape index (κ2) is 18.5. The Balaban J connectivity index is 1.07. The maximum Gasteiger partial charge on any atom is 0.137 e. The normalized spacial score (nSPS) is 14.2. The highest BCUT2D eigenvalue weighted by molar-refractivity contribution is 6.11. The maximum absolute atomic E-state index is 9.34. The molecule has 3 heterocycles. The lowest BCUT2D eigenvalue weighted by atomic mass is 9.78. The van der Waals surface area contributed by atoms with Gasteiger partial charge in [0, 0.05) is 45.9 Å². The summed E-state index contributed by atoms with van der Waals surface area (Å²) in [6.45, 7) is 27.0. The average Bonchev–Trinajstić information content (AvgIpc) is 4.02. The molecule has 0 bridgehead atoms. The van der Waals surface area contributed by atoms with E-state index in [2.05, 4.69) is 225 Å². The van der Waals surface area contributed by atoms with Gasteiger partial charge in [-0.2, -0.15) is 0 Å². The van der Waals surface area contributed by atoms with E-state index >= 15 is 0 Å². The fourth-order valence-electron chi connectivity index (χ4n) is 10.4. The molecule has 11 rings (SSSR count). The van der Waals surface area contributed by atoms with Gasteiger partial charge in [-0.05, 0) is 127 Å². The van der Waals surface area contributed by atoms with E-state index in [1.165, 1.54) is 16.7 Å². The zero-order valence-corrected chi connectivity index (χ0v) is 45.5. The number of hydrogen-bond acceptors (Lipinski definition) is 4. The highest BCUT2D eigenvalue weighted by Gasteiger charge is 2.33. The molecule has 0 atom stereocenters. The summed E-state index contributed by atoms with van der Waals surface area (Å²) in [7, 11) is 0. The number of pyridine rings is 1. The van der Waals surface area contributed by atoms with Gasteiger partial charge in [0.25, 0.3) is 0 Å². The Bertz CT molecular complexity index is 4020. The van der Waals surface area contributed by atoms with E-state index in [1.54, 1.807) is 0 Å². The van der Waals surface area contributed by atoms with Crippen LogP contribution < -0.4 is 14.5 Å². The van der Waals surface area contributed by atoms with Crippen molar-refractivity contribution in [2.75, 3.05) is 16.5 Å². The lowest BCUT2D eigenvalue weighted by molar-refractivity contribution is 0.479. The van der Waals surface area contributed by atoms with Gasteiger partial charge in [0.2, 0.25) is 0 Å². The van der Waals surface area contributed by atoms with Gasteiger partial charge in [0.05, 0.1) is 34.9 Å². The first-order valence-corrected chi connectivity index (χ1v) is 26.2. The molecule has 0 N–H and O–H groups in total. The Morgan fingerprint density at radius 2 is 1.07 bits per heavy atom. The highest BCUT2D eigenvalue weighted by atomic mass is 16.5. The number of ether oxygens (including phenoxy) is 1. The SMILES string of the molecule is [2H]c1c([2H])c([2H])c(-c2cccc(-c3cc(C(C)(C)C)cc(C(C)(C)C)c3)c2N2CN(c3cc(Oc4ccc5c6cc(-c7ccccc7)ccc6n(-c6cc(C(C)(C)C)ccn6)c5c4)cc(C(C)(C)C)c3)c3ccccc32)c([2H])c1[2H]. The van der Waals surface area contributed by atoms with Crippen molar-refractivity contribution in [3.05, 3.63) is 216 Å². The van der Waals surface area contributed by atoms with Gasteiger partial charge in [-0.3, -0.25) is 4.57 Å². The van der Waals surface area contributed by atoms with Crippen molar-refractivity contribution in [2.45, 2.75) is 105 Å². The van der Waals surface area contributed by atoms with Gasteiger partial charge in [-0.1, -0.05) is 198 Å². The van der Waals surface area contributed by atoms with Crippen molar-refractivity contribution in [1.29, 1.82) is 0 Å². The van der Waals surface area contributed by atoms with Crippen molar-refractivity contribution >= 4 is 44.6 Å². The van der Waals surface area contributed by atoms with Crippen LogP contribution in [0, 0.1) is 0 Å². The van der Waals surface area contributed by atoms with Crippen LogP contribution >= 0.6 is 0 Å². The monoisotopic (exact) mass is 988 g/mol. The van der Waals surface area contributed by atoms with E-state index in [4.69, 9.17) is 13.8 Å². The molecule has 2 aromatic heterocycles. The molecule has 0 amide bonds. The molecule has 1 aliphatic rings. The molecule has 0 radical (unpaired) electrons. The number of rotatable bonds is 8. The van der Waals surface area contributed by atoms with E-state index in [1.807, 2.05) is 36.5 Å². The molecule has 75 heavy (non-hydrogen) atoms. The molecule has 0 unspecified atom stereocenters. The first-order chi connectivity index (χ1) is 37.8. The largest absolute Gasteiger partial charge is 0.457 e. The van der Waals surface area contributed by atoms with Crippen LogP contribution in [0.3, 0.4) is 0 Å². The predicted molar refractivity (Wildman–Crippen MR) is 318 cm³/mol. The molecule has 0 fully saturated rings. The summed E-state index contributed by atoms with van der Waals surface area (Å²) in [5, 5.41) is 2.21. The zero-order chi connectivity index (χ0) is 57.0. The molecule has 8 aromatic carbocycles. The summed E-state index contributed by atoms with van der Waals surface area (Å²) >= 11 is 0. The van der Waals surface area contributed by atoms with Gasteiger partial charge >= 0.3 is 0 Å². The molecular weight excluding hydrogens is 913 g/mol. The third kappa shape index (κ3) is 9.50. The molecule has 10 aromatic rings. The van der Waals surface area contributed by atoms with Crippen LogP contribution in [0.1, 0.15) is 112 Å². The van der Waals surface area contributed by atoms with Crippen molar-refractivity contribution in [1.82, 2.24) is 9.55 Å². The third-order valence-electron chi connectivity index (χ3n) is 14.8. The van der Waals surface area contributed by atoms with Crippen molar-refractivity contribution in [3.8, 4) is 50.7 Å². The van der Waals surface area contributed by atoms with Crippen LogP contribution in [0.2, 0.25) is 0 Å². The van der Waals surface area contributed by atoms with Gasteiger partial charge in [0.1, 0.15) is 24.0 Å². The lowest BCUT2D eigenvalue weighted by Crippen LogP contribution is -2.25. The van der Waals surface area contributed by atoms with Crippen molar-refractivity contribution in [3.63, 3.8) is 0 Å². The summed E-state index contributed by atoms with van der Waals surface area (Å²) in [6, 6.07) is 53.8. The first kappa shape index (κ1) is 43.5. The van der Waals surface area contributed by atoms with Crippen LogP contribution in [0.15, 0.2) is 194 Å². The van der Waals surface area contributed by atoms with Crippen LogP contribution in [-0.2, 0) is 21.7 Å². The summed E-state index contributed by atoms with van der Waals surface area (Å²) in [4.78, 5) is 9.54. The smallest absolute Gasteiger partial charge is 0.137 e. The van der Waals surface area contributed by atoms with Crippen molar-refractivity contribution in [2.24, 2.45) is 0 Å². The van der Waals surface area contributed by atoms with Gasteiger partial charge < -0.3 is 14.5 Å². The van der Waals surface area contributed by atoms with Crippen LogP contribution in [0.4, 0.5) is 22.7 Å². The molecule has 376 valence electrons. The number of para-hydroxylation sites is 3. The molecular formula is C70H70N4O. The summed E-state index contributed by atoms with van der Waals surface area (Å²) < 4.78 is 54.3. The topological polar surface area (TPSA) is 33.5 Å². The molecule has 5 heteroatoms. The van der Waals surface area contributed by atoms with E-state index in [9.17, 15) is 2.74 Å². The summed E-state index contributed by atoms with van der Waals surface area (Å²) in [5.41, 5.74) is 14.4. The Hall–Kier alpha value is -7.89. The molecule has 0 saturated carbocycles. The number of benzene rings is 8. The Morgan fingerprint density at radius 1 is 0.440 bits per heavy atom. The van der Waals surface area contributed by atoms with E-state index in [0.29, 0.717) is 23.7 Å². The number of anilines is 4. The number of nitrogens with zero attached hydrogens (tertiary/aromatic N) is 4. The van der Waals surface area contributed by atoms with Gasteiger partial charge in [-0.15, -0.1) is 0 Å². The number of hydrogen-bond donors (Lipinski definition) is 0.